The summed E-state index contributed by atoms with van der Waals surface area (Å²) in [5, 5.41) is 3.98. The summed E-state index contributed by atoms with van der Waals surface area (Å²) in [7, 11) is -2.00. The van der Waals surface area contributed by atoms with Gasteiger partial charge in [-0.2, -0.15) is 0 Å². The van der Waals surface area contributed by atoms with Crippen LogP contribution in [0.4, 0.5) is 0 Å². The average Bonchev–Trinajstić information content (AvgIpc) is 3.66. The molecule has 1 heterocycles. The van der Waals surface area contributed by atoms with E-state index in [1.807, 2.05) is 6.20 Å². The van der Waals surface area contributed by atoms with Crippen LogP contribution in [0, 0.1) is 0 Å². The van der Waals surface area contributed by atoms with Crippen LogP contribution >= 0.6 is 0 Å². The van der Waals surface area contributed by atoms with Crippen molar-refractivity contribution >= 4 is 36.6 Å². The largest absolute Gasteiger partial charge is 0.494 e. The Bertz CT molecular complexity index is 1840. The molecule has 272 valence electrons. The summed E-state index contributed by atoms with van der Waals surface area (Å²) in [5.41, 5.74) is 3.68. The molecule has 0 fully saturated rings. The zero-order chi connectivity index (χ0) is 36.6. The molecule has 0 spiro atoms. The number of rotatable bonds is 21. The van der Waals surface area contributed by atoms with Crippen LogP contribution < -0.4 is 30.8 Å². The Balaban J connectivity index is 1.44. The third-order valence-electron chi connectivity index (χ3n) is 10.5. The second-order valence-electron chi connectivity index (χ2n) is 14.2. The van der Waals surface area contributed by atoms with Crippen LogP contribution in [0.5, 0.6) is 11.5 Å². The van der Waals surface area contributed by atoms with Gasteiger partial charge in [-0.15, -0.1) is 0 Å². The standard InChI is InChI=1S/C47H55BN2O2Si/c1-3-5-7-18-34-51-41-26-20-30-44(36-41)53(43-28-16-11-17-29-43,45-31-21-27-42(37-45)52-35-19-8-6-4-2)38-50-33-32-49-47(50)48-46(39-22-12-9-13-23-39)40-24-14-10-15-25-40/h9-17,20-33,36-37,46,48H,3-8,18-19,34-35,38H2,1-2H3. The molecule has 4 nitrogen and oxygen atoms in total. The van der Waals surface area contributed by atoms with E-state index in [0.29, 0.717) is 0 Å². The highest BCUT2D eigenvalue weighted by Gasteiger charge is 2.41. The van der Waals surface area contributed by atoms with Crippen LogP contribution in [-0.2, 0) is 6.17 Å². The fraction of sp³-hybridized carbons (Fsp3) is 0.298. The van der Waals surface area contributed by atoms with E-state index in [1.54, 1.807) is 0 Å². The molecule has 0 saturated carbocycles. The first-order valence-corrected chi connectivity index (χ1v) is 22.0. The lowest BCUT2D eigenvalue weighted by atomic mass is 9.58. The Morgan fingerprint density at radius 2 is 1.06 bits per heavy atom. The molecule has 0 aliphatic heterocycles. The zero-order valence-electron chi connectivity index (χ0n) is 31.7. The van der Waals surface area contributed by atoms with E-state index in [1.165, 1.54) is 65.2 Å². The summed E-state index contributed by atoms with van der Waals surface area (Å²) in [6, 6.07) is 50.8. The summed E-state index contributed by atoms with van der Waals surface area (Å²) >= 11 is 0. The highest BCUT2D eigenvalue weighted by molar-refractivity contribution is 7.10. The monoisotopic (exact) mass is 718 g/mol. The van der Waals surface area contributed by atoms with Crippen molar-refractivity contribution in [3.05, 3.63) is 163 Å². The molecule has 0 radical (unpaired) electrons. The molecule has 6 rings (SSSR count). The summed E-state index contributed by atoms with van der Waals surface area (Å²) < 4.78 is 15.4. The number of ether oxygens (including phenoxy) is 2. The summed E-state index contributed by atoms with van der Waals surface area (Å²) in [5.74, 6) is 2.06. The molecule has 0 atom stereocenters. The van der Waals surface area contributed by atoms with Crippen molar-refractivity contribution < 1.29 is 9.47 Å². The van der Waals surface area contributed by atoms with Crippen molar-refractivity contribution in [2.75, 3.05) is 13.2 Å². The highest BCUT2D eigenvalue weighted by Crippen LogP contribution is 2.24. The van der Waals surface area contributed by atoms with Gasteiger partial charge in [0.25, 0.3) is 0 Å². The predicted molar refractivity (Wildman–Crippen MR) is 227 cm³/mol. The van der Waals surface area contributed by atoms with Gasteiger partial charge < -0.3 is 14.0 Å². The molecule has 0 amide bonds. The second-order valence-corrected chi connectivity index (χ2v) is 18.1. The number of benzene rings is 5. The molecule has 6 aromatic rings. The van der Waals surface area contributed by atoms with Gasteiger partial charge in [-0.3, -0.25) is 4.98 Å². The average molecular weight is 719 g/mol. The van der Waals surface area contributed by atoms with Crippen molar-refractivity contribution in [3.63, 3.8) is 0 Å². The first kappa shape index (κ1) is 37.9. The quantitative estimate of drug-likeness (QED) is 0.0427. The Morgan fingerprint density at radius 1 is 0.566 bits per heavy atom. The molecule has 6 heteroatoms. The molecule has 53 heavy (non-hydrogen) atoms. The molecule has 1 aromatic heterocycles. The van der Waals surface area contributed by atoms with Crippen LogP contribution in [0.3, 0.4) is 0 Å². The van der Waals surface area contributed by atoms with Crippen molar-refractivity contribution in [2.24, 2.45) is 0 Å². The fourth-order valence-corrected chi connectivity index (χ4v) is 12.2. The number of nitrogens with zero attached hydrogens (tertiary/aromatic N) is 2. The number of unbranched alkanes of at least 4 members (excludes halogenated alkanes) is 6. The van der Waals surface area contributed by atoms with Crippen LogP contribution in [0.25, 0.3) is 0 Å². The van der Waals surface area contributed by atoms with Crippen molar-refractivity contribution in [2.45, 2.75) is 77.2 Å². The van der Waals surface area contributed by atoms with Gasteiger partial charge in [0.2, 0.25) is 7.28 Å². The van der Waals surface area contributed by atoms with E-state index in [4.69, 9.17) is 14.5 Å². The maximum absolute atomic E-state index is 6.46. The number of imidazole rings is 1. The third kappa shape index (κ3) is 10.00. The zero-order valence-corrected chi connectivity index (χ0v) is 32.7. The van der Waals surface area contributed by atoms with E-state index >= 15 is 0 Å². The van der Waals surface area contributed by atoms with Crippen molar-refractivity contribution in [3.8, 4) is 11.5 Å². The van der Waals surface area contributed by atoms with Gasteiger partial charge in [0.05, 0.1) is 18.9 Å². The van der Waals surface area contributed by atoms with E-state index < -0.39 is 8.07 Å². The fourth-order valence-electron chi connectivity index (χ4n) is 7.55. The van der Waals surface area contributed by atoms with Gasteiger partial charge >= 0.3 is 0 Å². The minimum Gasteiger partial charge on any atom is -0.494 e. The number of hydrogen-bond donors (Lipinski definition) is 0. The lowest BCUT2D eigenvalue weighted by Crippen LogP contribution is -2.70. The predicted octanol–water partition coefficient (Wildman–Crippen LogP) is 8.36. The molecule has 0 aliphatic rings. The third-order valence-corrected chi connectivity index (χ3v) is 15.2. The second kappa shape index (κ2) is 19.9. The molecular weight excluding hydrogens is 663 g/mol. The van der Waals surface area contributed by atoms with Gasteiger partial charge in [0.15, 0.2) is 8.07 Å². The topological polar surface area (TPSA) is 36.3 Å². The smallest absolute Gasteiger partial charge is 0.217 e. The highest BCUT2D eigenvalue weighted by atomic mass is 28.3. The molecule has 0 unspecified atom stereocenters. The Labute approximate surface area is 319 Å². The normalized spacial score (nSPS) is 11.5. The van der Waals surface area contributed by atoms with E-state index in [2.05, 4.69) is 164 Å². The summed E-state index contributed by atoms with van der Waals surface area (Å²) in [4.78, 5) is 5.07. The first-order chi connectivity index (χ1) is 26.2. The lowest BCUT2D eigenvalue weighted by Gasteiger charge is -2.35. The minimum absolute atomic E-state index is 0.181. The van der Waals surface area contributed by atoms with Crippen molar-refractivity contribution in [1.82, 2.24) is 9.55 Å². The SMILES string of the molecule is CCCCCCOc1cccc([Si](Cn2ccnc2BC(c2ccccc2)c2ccccc2)(c2ccccc2)c2cccc(OCCCCCC)c2)c1. The van der Waals surface area contributed by atoms with E-state index in [0.717, 1.165) is 56.7 Å². The minimum atomic E-state index is -2.79. The van der Waals surface area contributed by atoms with Crippen LogP contribution in [-0.4, -0.2) is 38.1 Å². The molecule has 0 aliphatic carbocycles. The Morgan fingerprint density at radius 3 is 1.57 bits per heavy atom. The summed E-state index contributed by atoms with van der Waals surface area (Å²) in [6.07, 6.45) is 14.4. The maximum atomic E-state index is 6.46. The summed E-state index contributed by atoms with van der Waals surface area (Å²) in [6.45, 7) is 5.97. The van der Waals surface area contributed by atoms with Gasteiger partial charge in [-0.05, 0) is 69.6 Å². The Hall–Kier alpha value is -4.81. The molecular formula is C47H55BN2O2Si. The van der Waals surface area contributed by atoms with Gasteiger partial charge in [0, 0.05) is 18.6 Å². The molecule has 0 bridgehead atoms. The number of hydrogen-bond acceptors (Lipinski definition) is 3. The van der Waals surface area contributed by atoms with Gasteiger partial charge in [-0.25, -0.2) is 0 Å². The van der Waals surface area contributed by atoms with Crippen LogP contribution in [0.15, 0.2) is 152 Å². The molecule has 0 N–H and O–H groups in total. The molecule has 5 aromatic carbocycles. The number of aromatic nitrogens is 2. The Kier molecular flexibility index (Phi) is 14.2. The lowest BCUT2D eigenvalue weighted by molar-refractivity contribution is 0.305. The first-order valence-electron chi connectivity index (χ1n) is 19.8. The van der Waals surface area contributed by atoms with Crippen LogP contribution in [0.1, 0.15) is 82.2 Å². The molecule has 0 saturated heterocycles. The van der Waals surface area contributed by atoms with Gasteiger partial charge in [-0.1, -0.05) is 168 Å². The van der Waals surface area contributed by atoms with E-state index in [9.17, 15) is 0 Å². The van der Waals surface area contributed by atoms with Gasteiger partial charge in [0.1, 0.15) is 11.5 Å². The van der Waals surface area contributed by atoms with Crippen molar-refractivity contribution in [1.29, 1.82) is 0 Å². The van der Waals surface area contributed by atoms with Crippen LogP contribution in [0.2, 0.25) is 0 Å². The maximum Gasteiger partial charge on any atom is 0.217 e. The van der Waals surface area contributed by atoms with E-state index in [-0.39, 0.29) is 5.82 Å².